The highest BCUT2D eigenvalue weighted by Gasteiger charge is 2.23. The topological polar surface area (TPSA) is 75.0 Å². The molecule has 1 aromatic carbocycles. The number of rotatable bonds is 5. The van der Waals surface area contributed by atoms with Crippen molar-refractivity contribution in [2.45, 2.75) is 27.2 Å². The molecule has 0 spiro atoms. The number of carbonyl (C=O) groups is 2. The van der Waals surface area contributed by atoms with Crippen LogP contribution in [0.4, 0.5) is 0 Å². The number of ketones is 1. The summed E-state index contributed by atoms with van der Waals surface area (Å²) in [5, 5.41) is 1.08. The zero-order valence-corrected chi connectivity index (χ0v) is 15.9. The quantitative estimate of drug-likeness (QED) is 0.485. The number of esters is 1. The molecule has 2 heterocycles. The van der Waals surface area contributed by atoms with E-state index in [4.69, 9.17) is 4.74 Å². The molecule has 5 nitrogen and oxygen atoms in total. The SMILES string of the molecule is CCOC(=O)c1[nH]c(Cc2c[nH]c3ccc(Br)cc23)c(C(C)=O)c1C. The minimum Gasteiger partial charge on any atom is -0.461 e. The molecule has 0 aliphatic carbocycles. The number of aromatic nitrogens is 2. The molecule has 6 heteroatoms. The van der Waals surface area contributed by atoms with Crippen LogP contribution in [0.1, 0.15) is 51.5 Å². The standard InChI is InChI=1S/C19H19BrN2O3/c1-4-25-19(24)18-10(2)17(11(3)23)16(22-18)7-12-9-21-15-6-5-13(20)8-14(12)15/h5-6,8-9,21-22H,4,7H2,1-3H3. The van der Waals surface area contributed by atoms with E-state index in [1.165, 1.54) is 6.92 Å². The second-order valence-corrected chi connectivity index (χ2v) is 6.85. The first kappa shape index (κ1) is 17.5. The van der Waals surface area contributed by atoms with Crippen LogP contribution in [-0.4, -0.2) is 28.3 Å². The first-order chi connectivity index (χ1) is 11.9. The summed E-state index contributed by atoms with van der Waals surface area (Å²) in [7, 11) is 0. The molecular formula is C19H19BrN2O3. The number of hydrogen-bond donors (Lipinski definition) is 2. The van der Waals surface area contributed by atoms with Crippen molar-refractivity contribution in [1.82, 2.24) is 9.97 Å². The highest BCUT2D eigenvalue weighted by molar-refractivity contribution is 9.10. The Kier molecular flexibility index (Phi) is 4.81. The van der Waals surface area contributed by atoms with Gasteiger partial charge in [-0.25, -0.2) is 4.79 Å². The van der Waals surface area contributed by atoms with Crippen molar-refractivity contribution in [3.63, 3.8) is 0 Å². The number of hydrogen-bond acceptors (Lipinski definition) is 3. The summed E-state index contributed by atoms with van der Waals surface area (Å²) in [5.41, 5.74) is 4.36. The van der Waals surface area contributed by atoms with E-state index in [0.29, 0.717) is 29.8 Å². The summed E-state index contributed by atoms with van der Waals surface area (Å²) in [6, 6.07) is 6.01. The van der Waals surface area contributed by atoms with Gasteiger partial charge < -0.3 is 14.7 Å². The van der Waals surface area contributed by atoms with E-state index in [1.54, 1.807) is 13.8 Å². The number of aromatic amines is 2. The molecule has 0 saturated carbocycles. The molecule has 0 atom stereocenters. The van der Waals surface area contributed by atoms with Crippen LogP contribution < -0.4 is 0 Å². The van der Waals surface area contributed by atoms with E-state index in [1.807, 2.05) is 24.4 Å². The Hall–Kier alpha value is -2.34. The van der Waals surface area contributed by atoms with Crippen LogP contribution in [0.15, 0.2) is 28.9 Å². The Morgan fingerprint density at radius 1 is 1.28 bits per heavy atom. The molecule has 0 unspecified atom stereocenters. The second kappa shape index (κ2) is 6.88. The molecule has 0 radical (unpaired) electrons. The van der Waals surface area contributed by atoms with Gasteiger partial charge in [0.15, 0.2) is 5.78 Å². The van der Waals surface area contributed by atoms with Gasteiger partial charge in [0.05, 0.1) is 6.61 Å². The van der Waals surface area contributed by atoms with Crippen LogP contribution in [0.25, 0.3) is 10.9 Å². The Labute approximate surface area is 153 Å². The fourth-order valence-corrected chi connectivity index (χ4v) is 3.52. The monoisotopic (exact) mass is 402 g/mol. The molecule has 0 aliphatic rings. The van der Waals surface area contributed by atoms with Gasteiger partial charge in [-0.1, -0.05) is 15.9 Å². The number of H-pyrrole nitrogens is 2. The average Bonchev–Trinajstić information content (AvgIpc) is 3.09. The highest BCUT2D eigenvalue weighted by Crippen LogP contribution is 2.27. The van der Waals surface area contributed by atoms with Gasteiger partial charge in [0.1, 0.15) is 5.69 Å². The van der Waals surface area contributed by atoms with Crippen LogP contribution >= 0.6 is 15.9 Å². The molecule has 25 heavy (non-hydrogen) atoms. The van der Waals surface area contributed by atoms with Crippen LogP contribution in [0.3, 0.4) is 0 Å². The predicted molar refractivity (Wildman–Crippen MR) is 100 cm³/mol. The van der Waals surface area contributed by atoms with Gasteiger partial charge in [-0.05, 0) is 50.1 Å². The summed E-state index contributed by atoms with van der Waals surface area (Å²) in [6.07, 6.45) is 2.45. The largest absolute Gasteiger partial charge is 0.461 e. The van der Waals surface area contributed by atoms with E-state index in [0.717, 1.165) is 26.6 Å². The fourth-order valence-electron chi connectivity index (χ4n) is 3.16. The van der Waals surface area contributed by atoms with Gasteiger partial charge in [-0.3, -0.25) is 4.79 Å². The number of fused-ring (bicyclic) bond motifs is 1. The Bertz CT molecular complexity index is 969. The van der Waals surface area contributed by atoms with Crippen molar-refractivity contribution in [1.29, 1.82) is 0 Å². The average molecular weight is 403 g/mol. The highest BCUT2D eigenvalue weighted by atomic mass is 79.9. The van der Waals surface area contributed by atoms with Crippen LogP contribution in [0, 0.1) is 6.92 Å². The summed E-state index contributed by atoms with van der Waals surface area (Å²) in [5.74, 6) is -0.504. The molecule has 0 saturated heterocycles. The number of carbonyl (C=O) groups excluding carboxylic acids is 2. The summed E-state index contributed by atoms with van der Waals surface area (Å²) in [6.45, 7) is 5.33. The first-order valence-electron chi connectivity index (χ1n) is 8.07. The Morgan fingerprint density at radius 2 is 2.04 bits per heavy atom. The van der Waals surface area contributed by atoms with Crippen molar-refractivity contribution in [2.24, 2.45) is 0 Å². The van der Waals surface area contributed by atoms with Crippen molar-refractivity contribution in [3.8, 4) is 0 Å². The first-order valence-corrected chi connectivity index (χ1v) is 8.86. The fraction of sp³-hybridized carbons (Fsp3) is 0.263. The lowest BCUT2D eigenvalue weighted by Crippen LogP contribution is -2.07. The molecule has 2 aromatic heterocycles. The summed E-state index contributed by atoms with van der Waals surface area (Å²) >= 11 is 3.49. The number of ether oxygens (including phenoxy) is 1. The molecule has 0 fully saturated rings. The van der Waals surface area contributed by atoms with Gasteiger partial charge in [-0.2, -0.15) is 0 Å². The normalized spacial score (nSPS) is 11.0. The molecule has 130 valence electrons. The van der Waals surface area contributed by atoms with Gasteiger partial charge in [0, 0.05) is 39.3 Å². The molecule has 3 rings (SSSR count). The molecule has 0 bridgehead atoms. The molecule has 0 amide bonds. The van der Waals surface area contributed by atoms with Crippen molar-refractivity contribution in [2.75, 3.05) is 6.61 Å². The van der Waals surface area contributed by atoms with Gasteiger partial charge >= 0.3 is 5.97 Å². The maximum absolute atomic E-state index is 12.1. The van der Waals surface area contributed by atoms with Crippen molar-refractivity contribution in [3.05, 3.63) is 56.9 Å². The summed E-state index contributed by atoms with van der Waals surface area (Å²) < 4.78 is 6.07. The van der Waals surface area contributed by atoms with Gasteiger partial charge in [-0.15, -0.1) is 0 Å². The third kappa shape index (κ3) is 3.26. The van der Waals surface area contributed by atoms with Gasteiger partial charge in [0.25, 0.3) is 0 Å². The molecule has 0 aliphatic heterocycles. The molecule has 3 aromatic rings. The van der Waals surface area contributed by atoms with E-state index in [2.05, 4.69) is 25.9 Å². The van der Waals surface area contributed by atoms with E-state index >= 15 is 0 Å². The lowest BCUT2D eigenvalue weighted by Gasteiger charge is -2.02. The maximum atomic E-state index is 12.1. The Morgan fingerprint density at radius 3 is 2.72 bits per heavy atom. The lowest BCUT2D eigenvalue weighted by molar-refractivity contribution is 0.0519. The van der Waals surface area contributed by atoms with Crippen LogP contribution in [0.2, 0.25) is 0 Å². The van der Waals surface area contributed by atoms with Crippen molar-refractivity contribution >= 4 is 38.6 Å². The van der Waals surface area contributed by atoms with Crippen LogP contribution in [0.5, 0.6) is 0 Å². The molecule has 2 N–H and O–H groups in total. The predicted octanol–water partition coefficient (Wildman–Crippen LogP) is 4.54. The van der Waals surface area contributed by atoms with E-state index < -0.39 is 5.97 Å². The second-order valence-electron chi connectivity index (χ2n) is 5.94. The molecular weight excluding hydrogens is 384 g/mol. The Balaban J connectivity index is 2.06. The lowest BCUT2D eigenvalue weighted by atomic mass is 10.0. The third-order valence-corrected chi connectivity index (χ3v) is 4.75. The third-order valence-electron chi connectivity index (χ3n) is 4.26. The number of nitrogens with one attached hydrogen (secondary N) is 2. The van der Waals surface area contributed by atoms with E-state index in [9.17, 15) is 9.59 Å². The van der Waals surface area contributed by atoms with Gasteiger partial charge in [0.2, 0.25) is 0 Å². The number of benzene rings is 1. The van der Waals surface area contributed by atoms with Crippen LogP contribution in [-0.2, 0) is 11.2 Å². The van der Waals surface area contributed by atoms with Crippen molar-refractivity contribution < 1.29 is 14.3 Å². The zero-order valence-electron chi connectivity index (χ0n) is 14.3. The summed E-state index contributed by atoms with van der Waals surface area (Å²) in [4.78, 5) is 30.6. The van der Waals surface area contributed by atoms with E-state index in [-0.39, 0.29) is 5.78 Å². The zero-order chi connectivity index (χ0) is 18.1. The number of Topliss-reactive ketones (excluding diaryl/α,β-unsaturated/α-hetero) is 1. The maximum Gasteiger partial charge on any atom is 0.355 e. The smallest absolute Gasteiger partial charge is 0.355 e. The number of halogens is 1. The minimum atomic E-state index is -0.435. The minimum absolute atomic E-state index is 0.0691.